The highest BCUT2D eigenvalue weighted by Gasteiger charge is 2.16. The molecule has 2 N–H and O–H groups in total. The molecule has 0 aromatic heterocycles. The topological polar surface area (TPSA) is 92.3 Å². The molecule has 0 aliphatic carbocycles. The first kappa shape index (κ1) is 21.5. The monoisotopic (exact) mass is 442 g/mol. The van der Waals surface area contributed by atoms with Gasteiger partial charge in [-0.05, 0) is 56.3 Å². The van der Waals surface area contributed by atoms with Crippen LogP contribution in [-0.2, 0) is 10.0 Å². The molecule has 1 amide bonds. The van der Waals surface area contributed by atoms with E-state index in [1.807, 2.05) is 6.92 Å². The first-order valence-electron chi connectivity index (χ1n) is 8.97. The van der Waals surface area contributed by atoms with Gasteiger partial charge >= 0.3 is 0 Å². The molecule has 3 aromatic carbocycles. The number of carbonyl (C=O) groups is 2. The molecule has 154 valence electrons. The Kier molecular flexibility index (Phi) is 6.24. The molecule has 0 fully saturated rings. The summed E-state index contributed by atoms with van der Waals surface area (Å²) in [6.45, 7) is 3.30. The number of sulfonamides is 1. The molecule has 0 saturated carbocycles. The minimum atomic E-state index is -3.78. The third kappa shape index (κ3) is 5.06. The number of Topliss-reactive ketones (excluding diaryl/α,β-unsaturated/α-hetero) is 1. The van der Waals surface area contributed by atoms with E-state index in [9.17, 15) is 18.0 Å². The van der Waals surface area contributed by atoms with E-state index in [2.05, 4.69) is 10.0 Å². The highest BCUT2D eigenvalue weighted by Crippen LogP contribution is 2.24. The number of anilines is 2. The molecule has 30 heavy (non-hydrogen) atoms. The number of hydrogen-bond acceptors (Lipinski definition) is 4. The Morgan fingerprint density at radius 2 is 1.60 bits per heavy atom. The third-order valence-corrected chi connectivity index (χ3v) is 6.03. The summed E-state index contributed by atoms with van der Waals surface area (Å²) >= 11 is 6.22. The van der Waals surface area contributed by atoms with E-state index >= 15 is 0 Å². The number of amides is 1. The smallest absolute Gasteiger partial charge is 0.261 e. The zero-order chi connectivity index (χ0) is 21.9. The molecule has 8 heteroatoms. The lowest BCUT2D eigenvalue weighted by Crippen LogP contribution is -2.15. The molecule has 3 rings (SSSR count). The highest BCUT2D eigenvalue weighted by atomic mass is 35.5. The first-order valence-corrected chi connectivity index (χ1v) is 10.8. The van der Waals surface area contributed by atoms with Gasteiger partial charge in [0.05, 0.1) is 21.2 Å². The lowest BCUT2D eigenvalue weighted by Gasteiger charge is -2.11. The van der Waals surface area contributed by atoms with Crippen LogP contribution in [0.1, 0.15) is 33.2 Å². The van der Waals surface area contributed by atoms with Crippen molar-refractivity contribution in [2.24, 2.45) is 0 Å². The van der Waals surface area contributed by atoms with E-state index in [-0.39, 0.29) is 27.0 Å². The van der Waals surface area contributed by atoms with E-state index in [0.717, 1.165) is 5.56 Å². The van der Waals surface area contributed by atoms with Gasteiger partial charge in [-0.3, -0.25) is 14.3 Å². The van der Waals surface area contributed by atoms with E-state index in [0.29, 0.717) is 11.3 Å². The van der Waals surface area contributed by atoms with Crippen LogP contribution in [0.15, 0.2) is 71.6 Å². The summed E-state index contributed by atoms with van der Waals surface area (Å²) in [5, 5.41) is 2.76. The van der Waals surface area contributed by atoms with Gasteiger partial charge in [-0.15, -0.1) is 0 Å². The van der Waals surface area contributed by atoms with Crippen LogP contribution >= 0.6 is 11.6 Å². The zero-order valence-electron chi connectivity index (χ0n) is 16.3. The molecule has 0 spiro atoms. The minimum Gasteiger partial charge on any atom is -0.322 e. The molecule has 0 heterocycles. The largest absolute Gasteiger partial charge is 0.322 e. The van der Waals surface area contributed by atoms with Crippen LogP contribution in [-0.4, -0.2) is 20.1 Å². The van der Waals surface area contributed by atoms with Gasteiger partial charge in [-0.1, -0.05) is 41.4 Å². The average molecular weight is 443 g/mol. The molecule has 0 bridgehead atoms. The standard InChI is InChI=1S/C22H19ClN2O4S/c1-14-6-9-19(10-7-14)30(28,29)25-18-8-11-20(21(23)13-18)22(27)24-17-5-3-4-16(12-17)15(2)26/h3-13,25H,1-2H3,(H,24,27). The number of halogens is 1. The molecule has 0 aliphatic heterocycles. The minimum absolute atomic E-state index is 0.0827. The lowest BCUT2D eigenvalue weighted by atomic mass is 10.1. The number of rotatable bonds is 6. The number of nitrogens with one attached hydrogen (secondary N) is 2. The van der Waals surface area contributed by atoms with Crippen LogP contribution in [0.5, 0.6) is 0 Å². The van der Waals surface area contributed by atoms with Crippen molar-refractivity contribution in [3.8, 4) is 0 Å². The Labute approximate surface area is 179 Å². The Morgan fingerprint density at radius 3 is 2.23 bits per heavy atom. The summed E-state index contributed by atoms with van der Waals surface area (Å²) in [6, 6.07) is 17.2. The maximum absolute atomic E-state index is 12.5. The third-order valence-electron chi connectivity index (χ3n) is 4.32. The van der Waals surface area contributed by atoms with Gasteiger partial charge in [-0.2, -0.15) is 0 Å². The molecule has 0 radical (unpaired) electrons. The molecule has 0 atom stereocenters. The quantitative estimate of drug-likeness (QED) is 0.531. The summed E-state index contributed by atoms with van der Waals surface area (Å²) in [5.74, 6) is -0.594. The summed E-state index contributed by atoms with van der Waals surface area (Å²) in [5.41, 5.74) is 2.27. The average Bonchev–Trinajstić information content (AvgIpc) is 2.68. The van der Waals surface area contributed by atoms with Crippen LogP contribution in [0.4, 0.5) is 11.4 Å². The summed E-state index contributed by atoms with van der Waals surface area (Å²) in [4.78, 5) is 24.2. The van der Waals surface area contributed by atoms with Gasteiger partial charge in [0.1, 0.15) is 0 Å². The SMILES string of the molecule is CC(=O)c1cccc(NC(=O)c2ccc(NS(=O)(=O)c3ccc(C)cc3)cc2Cl)c1. The predicted octanol–water partition coefficient (Wildman–Crippen LogP) is 4.90. The van der Waals surface area contributed by atoms with Crippen molar-refractivity contribution in [3.05, 3.63) is 88.4 Å². The number of aryl methyl sites for hydroxylation is 1. The van der Waals surface area contributed by atoms with Gasteiger partial charge in [-0.25, -0.2) is 8.42 Å². The van der Waals surface area contributed by atoms with Crippen LogP contribution in [0, 0.1) is 6.92 Å². The highest BCUT2D eigenvalue weighted by molar-refractivity contribution is 7.92. The Hall–Kier alpha value is -3.16. The fourth-order valence-electron chi connectivity index (χ4n) is 2.71. The summed E-state index contributed by atoms with van der Waals surface area (Å²) in [7, 11) is -3.78. The maximum Gasteiger partial charge on any atom is 0.261 e. The van der Waals surface area contributed by atoms with Gasteiger partial charge in [0, 0.05) is 11.3 Å². The van der Waals surface area contributed by atoms with Crippen molar-refractivity contribution in [1.29, 1.82) is 0 Å². The van der Waals surface area contributed by atoms with Crippen molar-refractivity contribution < 1.29 is 18.0 Å². The van der Waals surface area contributed by atoms with E-state index < -0.39 is 15.9 Å². The Balaban J connectivity index is 1.78. The zero-order valence-corrected chi connectivity index (χ0v) is 17.8. The fourth-order valence-corrected chi connectivity index (χ4v) is 4.02. The number of hydrogen-bond donors (Lipinski definition) is 2. The predicted molar refractivity (Wildman–Crippen MR) is 118 cm³/mol. The molecule has 0 saturated heterocycles. The van der Waals surface area contributed by atoms with Gasteiger partial charge in [0.15, 0.2) is 5.78 Å². The van der Waals surface area contributed by atoms with Crippen molar-refractivity contribution in [1.82, 2.24) is 0 Å². The second kappa shape index (κ2) is 8.69. The van der Waals surface area contributed by atoms with E-state index in [1.54, 1.807) is 36.4 Å². The van der Waals surface area contributed by atoms with Crippen LogP contribution < -0.4 is 10.0 Å². The van der Waals surface area contributed by atoms with Crippen LogP contribution in [0.25, 0.3) is 0 Å². The van der Waals surface area contributed by atoms with Crippen LogP contribution in [0.3, 0.4) is 0 Å². The van der Waals surface area contributed by atoms with Gasteiger partial charge < -0.3 is 5.32 Å². The maximum atomic E-state index is 12.5. The van der Waals surface area contributed by atoms with Crippen molar-refractivity contribution in [3.63, 3.8) is 0 Å². The Bertz CT molecular complexity index is 1220. The molecule has 0 aliphatic rings. The molecular formula is C22H19ClN2O4S. The van der Waals surface area contributed by atoms with Crippen molar-refractivity contribution >= 4 is 44.7 Å². The molecule has 3 aromatic rings. The second-order valence-corrected chi connectivity index (χ2v) is 8.79. The lowest BCUT2D eigenvalue weighted by molar-refractivity contribution is 0.101. The first-order chi connectivity index (χ1) is 14.2. The van der Waals surface area contributed by atoms with Gasteiger partial charge in [0.25, 0.3) is 15.9 Å². The number of ketones is 1. The van der Waals surface area contributed by atoms with E-state index in [4.69, 9.17) is 11.6 Å². The summed E-state index contributed by atoms with van der Waals surface area (Å²) in [6.07, 6.45) is 0. The number of benzene rings is 3. The normalized spacial score (nSPS) is 11.0. The van der Waals surface area contributed by atoms with E-state index in [1.165, 1.54) is 37.3 Å². The molecule has 0 unspecified atom stereocenters. The number of carbonyl (C=O) groups excluding carboxylic acids is 2. The van der Waals surface area contributed by atoms with Crippen LogP contribution in [0.2, 0.25) is 5.02 Å². The molecule has 6 nitrogen and oxygen atoms in total. The van der Waals surface area contributed by atoms with Gasteiger partial charge in [0.2, 0.25) is 0 Å². The second-order valence-electron chi connectivity index (χ2n) is 6.70. The summed E-state index contributed by atoms with van der Waals surface area (Å²) < 4.78 is 27.5. The van der Waals surface area contributed by atoms with Crippen molar-refractivity contribution in [2.75, 3.05) is 10.0 Å². The Morgan fingerprint density at radius 1 is 0.900 bits per heavy atom. The van der Waals surface area contributed by atoms with Crippen molar-refractivity contribution in [2.45, 2.75) is 18.7 Å². The molecular weight excluding hydrogens is 424 g/mol. The fraction of sp³-hybridized carbons (Fsp3) is 0.0909.